The maximum absolute atomic E-state index is 11.7. The molecule has 19 heavy (non-hydrogen) atoms. The van der Waals surface area contributed by atoms with Crippen molar-refractivity contribution in [3.8, 4) is 11.5 Å². The van der Waals surface area contributed by atoms with Crippen molar-refractivity contribution in [1.29, 1.82) is 0 Å². The predicted octanol–water partition coefficient (Wildman–Crippen LogP) is 1.59. The van der Waals surface area contributed by atoms with Crippen molar-refractivity contribution in [2.45, 2.75) is 31.6 Å². The van der Waals surface area contributed by atoms with Gasteiger partial charge in [0.05, 0.1) is 22.3 Å². The summed E-state index contributed by atoms with van der Waals surface area (Å²) in [7, 11) is 1.05. The second-order valence-corrected chi connectivity index (χ2v) is 11.2. The minimum absolute atomic E-state index is 0.533. The molecule has 4 nitrogen and oxygen atoms in total. The molecule has 1 rings (SSSR count). The molecule has 0 radical (unpaired) electrons. The zero-order valence-corrected chi connectivity index (χ0v) is 13.4. The summed E-state index contributed by atoms with van der Waals surface area (Å²) in [4.78, 5) is 11.7. The van der Waals surface area contributed by atoms with Crippen LogP contribution in [0.4, 0.5) is 0 Å². The maximum Gasteiger partial charge on any atom is 0.161 e. The number of ether oxygens (including phenoxy) is 2. The summed E-state index contributed by atoms with van der Waals surface area (Å²) in [5.41, 5.74) is 0.698. The summed E-state index contributed by atoms with van der Waals surface area (Å²) in [5.74, 6) is 0.0761. The summed E-state index contributed by atoms with van der Waals surface area (Å²) in [6, 6.07) is 5.23. The zero-order valence-electron chi connectivity index (χ0n) is 12.4. The Kier molecular flexibility index (Phi) is 4.30. The monoisotopic (exact) mass is 281 g/mol. The van der Waals surface area contributed by atoms with Gasteiger partial charge in [-0.05, 0) is 17.7 Å². The molecule has 1 atom stereocenters. The largest absolute Gasteiger partial charge is 0.550 e. The molecule has 0 aromatic heterocycles. The molecule has 0 saturated heterocycles. The van der Waals surface area contributed by atoms with Gasteiger partial charge in [0, 0.05) is 11.0 Å². The molecule has 0 N–H and O–H groups in total. The van der Waals surface area contributed by atoms with E-state index in [-0.39, 0.29) is 0 Å². The van der Waals surface area contributed by atoms with Crippen molar-refractivity contribution >= 4 is 14.0 Å². The van der Waals surface area contributed by atoms with Crippen LogP contribution in [0.25, 0.3) is 0 Å². The molecule has 0 fully saturated rings. The number of carbonyl (C=O) groups is 1. The molecule has 1 aromatic carbocycles. The highest BCUT2D eigenvalue weighted by atomic mass is 28.3. The van der Waals surface area contributed by atoms with E-state index < -0.39 is 19.1 Å². The molecule has 0 heterocycles. The summed E-state index contributed by atoms with van der Waals surface area (Å²) in [6.07, 6.45) is 0. The minimum Gasteiger partial charge on any atom is -0.550 e. The average molecular weight is 281 g/mol. The second-order valence-electron chi connectivity index (χ2n) is 5.73. The molecule has 0 bridgehead atoms. The molecule has 106 valence electrons. The standard InChI is InChI=1S/C14H22O4Si/c1-14(13(15)16,19(4,5)6)10-7-8-11(17-2)12(9-10)18-3/h7-9H,1-6H3,(H,15,16)/p-1. The van der Waals surface area contributed by atoms with E-state index in [2.05, 4.69) is 0 Å². The Hall–Kier alpha value is -1.49. The van der Waals surface area contributed by atoms with Gasteiger partial charge in [-0.25, -0.2) is 0 Å². The molecule has 0 aliphatic carbocycles. The number of hydrogen-bond acceptors (Lipinski definition) is 4. The molecule has 0 aliphatic heterocycles. The van der Waals surface area contributed by atoms with Gasteiger partial charge in [-0.3, -0.25) is 0 Å². The van der Waals surface area contributed by atoms with Crippen LogP contribution in [0.2, 0.25) is 19.6 Å². The summed E-state index contributed by atoms with van der Waals surface area (Å²) < 4.78 is 10.4. The van der Waals surface area contributed by atoms with Gasteiger partial charge in [0.2, 0.25) is 0 Å². The second kappa shape index (κ2) is 5.25. The van der Waals surface area contributed by atoms with E-state index >= 15 is 0 Å². The number of benzene rings is 1. The van der Waals surface area contributed by atoms with Crippen LogP contribution in [0.5, 0.6) is 11.5 Å². The Labute approximate surface area is 115 Å². The maximum atomic E-state index is 11.7. The Morgan fingerprint density at radius 2 is 1.68 bits per heavy atom. The molecule has 0 amide bonds. The fourth-order valence-corrected chi connectivity index (χ4v) is 3.64. The molecule has 0 spiro atoms. The lowest BCUT2D eigenvalue weighted by molar-refractivity contribution is -0.310. The van der Waals surface area contributed by atoms with Crippen LogP contribution in [0.3, 0.4) is 0 Å². The predicted molar refractivity (Wildman–Crippen MR) is 75.3 cm³/mol. The minimum atomic E-state index is -2.04. The van der Waals surface area contributed by atoms with E-state index in [1.165, 1.54) is 7.11 Å². The van der Waals surface area contributed by atoms with Gasteiger partial charge < -0.3 is 19.4 Å². The van der Waals surface area contributed by atoms with Crippen molar-refractivity contribution in [1.82, 2.24) is 0 Å². The third kappa shape index (κ3) is 2.61. The highest BCUT2D eigenvalue weighted by Gasteiger charge is 2.42. The summed E-state index contributed by atoms with van der Waals surface area (Å²) in [6.45, 7) is 7.77. The molecular weight excluding hydrogens is 260 g/mol. The number of carboxylic acids is 1. The SMILES string of the molecule is COc1ccc(C(C)(C(=O)[O-])[Si](C)(C)C)cc1OC. The molecule has 1 aromatic rings. The van der Waals surface area contributed by atoms with E-state index in [4.69, 9.17) is 9.47 Å². The zero-order chi connectivity index (χ0) is 14.8. The van der Waals surface area contributed by atoms with Gasteiger partial charge in [0.15, 0.2) is 11.5 Å². The van der Waals surface area contributed by atoms with Crippen molar-refractivity contribution in [2.24, 2.45) is 0 Å². The first kappa shape index (κ1) is 15.6. The van der Waals surface area contributed by atoms with E-state index in [1.807, 2.05) is 19.6 Å². The Morgan fingerprint density at radius 3 is 2.05 bits per heavy atom. The third-order valence-corrected chi connectivity index (χ3v) is 7.36. The van der Waals surface area contributed by atoms with Gasteiger partial charge in [-0.15, -0.1) is 0 Å². The molecule has 1 unspecified atom stereocenters. The van der Waals surface area contributed by atoms with E-state index in [0.717, 1.165) is 0 Å². The van der Waals surface area contributed by atoms with Crippen LogP contribution < -0.4 is 14.6 Å². The van der Waals surface area contributed by atoms with Gasteiger partial charge >= 0.3 is 0 Å². The first-order valence-electron chi connectivity index (χ1n) is 6.12. The summed E-state index contributed by atoms with van der Waals surface area (Å²) in [5, 5.41) is 10.7. The van der Waals surface area contributed by atoms with Crippen molar-refractivity contribution < 1.29 is 19.4 Å². The van der Waals surface area contributed by atoms with Gasteiger partial charge in [0.25, 0.3) is 0 Å². The lowest BCUT2D eigenvalue weighted by Gasteiger charge is -2.42. The average Bonchev–Trinajstić information content (AvgIpc) is 2.35. The Bertz CT molecular complexity index is 479. The lowest BCUT2D eigenvalue weighted by Crippen LogP contribution is -2.58. The van der Waals surface area contributed by atoms with Gasteiger partial charge in [-0.1, -0.05) is 32.6 Å². The third-order valence-electron chi connectivity index (χ3n) is 3.87. The number of carboxylic acid groups (broad SMARTS) is 1. The van der Waals surface area contributed by atoms with E-state index in [1.54, 1.807) is 32.2 Å². The van der Waals surface area contributed by atoms with E-state index in [9.17, 15) is 9.90 Å². The lowest BCUT2D eigenvalue weighted by atomic mass is 9.99. The van der Waals surface area contributed by atoms with Crippen LogP contribution in [0.1, 0.15) is 12.5 Å². The topological polar surface area (TPSA) is 58.6 Å². The van der Waals surface area contributed by atoms with Crippen LogP contribution in [0, 0.1) is 0 Å². The fraction of sp³-hybridized carbons (Fsp3) is 0.500. The van der Waals surface area contributed by atoms with Crippen LogP contribution in [-0.4, -0.2) is 28.3 Å². The number of aliphatic carboxylic acids is 1. The van der Waals surface area contributed by atoms with Crippen molar-refractivity contribution in [3.63, 3.8) is 0 Å². The highest BCUT2D eigenvalue weighted by Crippen LogP contribution is 2.38. The number of rotatable bonds is 5. The number of methoxy groups -OCH3 is 2. The normalized spacial score (nSPS) is 14.6. The van der Waals surface area contributed by atoms with Crippen molar-refractivity contribution in [3.05, 3.63) is 23.8 Å². The quantitative estimate of drug-likeness (QED) is 0.769. The molecule has 0 saturated carbocycles. The number of hydrogen-bond donors (Lipinski definition) is 0. The molecule has 0 aliphatic rings. The van der Waals surface area contributed by atoms with Gasteiger partial charge in [-0.2, -0.15) is 0 Å². The summed E-state index contributed by atoms with van der Waals surface area (Å²) >= 11 is 0. The Morgan fingerprint density at radius 1 is 1.16 bits per heavy atom. The number of carbonyl (C=O) groups excluding carboxylic acids is 1. The first-order valence-corrected chi connectivity index (χ1v) is 9.62. The fourth-order valence-electron chi connectivity index (χ4n) is 2.00. The Balaban J connectivity index is 3.45. The highest BCUT2D eigenvalue weighted by molar-refractivity contribution is 6.81. The molecular formula is C14H21O4Si-. The van der Waals surface area contributed by atoms with Crippen LogP contribution >= 0.6 is 0 Å². The van der Waals surface area contributed by atoms with Crippen LogP contribution in [0.15, 0.2) is 18.2 Å². The van der Waals surface area contributed by atoms with E-state index in [0.29, 0.717) is 17.1 Å². The first-order chi connectivity index (χ1) is 8.68. The molecule has 5 heteroatoms. The van der Waals surface area contributed by atoms with Gasteiger partial charge in [0.1, 0.15) is 0 Å². The smallest absolute Gasteiger partial charge is 0.161 e. The van der Waals surface area contributed by atoms with Crippen molar-refractivity contribution in [2.75, 3.05) is 14.2 Å². The van der Waals surface area contributed by atoms with Crippen LogP contribution in [-0.2, 0) is 9.83 Å².